The quantitative estimate of drug-likeness (QED) is 0.509. The molecule has 0 bridgehead atoms. The lowest BCUT2D eigenvalue weighted by Gasteiger charge is -2.20. The maximum absolute atomic E-state index is 13.3. The molecule has 2 atom stereocenters. The van der Waals surface area contributed by atoms with Crippen molar-refractivity contribution in [1.82, 2.24) is 24.6 Å². The summed E-state index contributed by atoms with van der Waals surface area (Å²) >= 11 is 6.12. The van der Waals surface area contributed by atoms with E-state index in [9.17, 15) is 9.50 Å². The van der Waals surface area contributed by atoms with E-state index in [4.69, 9.17) is 21.1 Å². The highest BCUT2D eigenvalue weighted by molar-refractivity contribution is 6.31. The van der Waals surface area contributed by atoms with Crippen LogP contribution in [0.4, 0.5) is 4.39 Å². The number of rotatable bonds is 5. The number of β-amino-alcohol motifs (C(OH)–C–C–N with tert-alkyl or cyclic N) is 1. The summed E-state index contributed by atoms with van der Waals surface area (Å²) < 4.78 is 20.9. The Kier molecular flexibility index (Phi) is 5.21. The molecule has 1 aliphatic rings. The van der Waals surface area contributed by atoms with Crippen molar-refractivity contribution < 1.29 is 14.0 Å². The summed E-state index contributed by atoms with van der Waals surface area (Å²) in [6, 6.07) is 12.0. The molecule has 160 valence electrons. The summed E-state index contributed by atoms with van der Waals surface area (Å²) in [4.78, 5) is 11.4. The van der Waals surface area contributed by atoms with Gasteiger partial charge in [0.05, 0.1) is 29.7 Å². The van der Waals surface area contributed by atoms with Gasteiger partial charge in [-0.25, -0.2) is 9.37 Å². The van der Waals surface area contributed by atoms with Crippen molar-refractivity contribution in [2.45, 2.75) is 31.5 Å². The van der Waals surface area contributed by atoms with Gasteiger partial charge >= 0.3 is 0 Å². The molecule has 2 unspecified atom stereocenters. The Morgan fingerprint density at radius 2 is 2.06 bits per heavy atom. The predicted octanol–water partition coefficient (Wildman–Crippen LogP) is 3.65. The summed E-state index contributed by atoms with van der Waals surface area (Å²) in [5.74, 6) is 1.43. The Morgan fingerprint density at radius 3 is 2.87 bits per heavy atom. The lowest BCUT2D eigenvalue weighted by Crippen LogP contribution is -2.26. The molecule has 9 heteroatoms. The topological polar surface area (TPSA) is 80.2 Å². The number of fused-ring (bicyclic) bond motifs is 1. The van der Waals surface area contributed by atoms with Crippen molar-refractivity contribution >= 4 is 22.6 Å². The fourth-order valence-corrected chi connectivity index (χ4v) is 4.37. The molecule has 0 radical (unpaired) electrons. The zero-order valence-corrected chi connectivity index (χ0v) is 17.6. The van der Waals surface area contributed by atoms with Crippen LogP contribution in [0, 0.1) is 5.82 Å². The Labute approximate surface area is 183 Å². The number of aromatic nitrogens is 4. The number of aryl methyl sites for hydroxylation is 1. The number of halogens is 2. The molecule has 31 heavy (non-hydrogen) atoms. The molecule has 0 aliphatic carbocycles. The van der Waals surface area contributed by atoms with Crippen LogP contribution < -0.4 is 0 Å². The summed E-state index contributed by atoms with van der Waals surface area (Å²) in [6.45, 7) is 1.05. The molecule has 0 amide bonds. The van der Waals surface area contributed by atoms with Crippen LogP contribution in [0.2, 0.25) is 5.02 Å². The fraction of sp³-hybridized carbons (Fsp3) is 0.318. The number of hydrogen-bond acceptors (Lipinski definition) is 6. The van der Waals surface area contributed by atoms with Crippen molar-refractivity contribution in [2.75, 3.05) is 6.54 Å². The van der Waals surface area contributed by atoms with E-state index in [0.717, 1.165) is 22.4 Å². The third kappa shape index (κ3) is 3.94. The van der Waals surface area contributed by atoms with E-state index < -0.39 is 6.10 Å². The third-order valence-corrected chi connectivity index (χ3v) is 6.09. The molecule has 2 aromatic carbocycles. The van der Waals surface area contributed by atoms with E-state index in [1.807, 2.05) is 31.3 Å². The van der Waals surface area contributed by atoms with Gasteiger partial charge in [-0.05, 0) is 36.2 Å². The average molecular weight is 442 g/mol. The predicted molar refractivity (Wildman–Crippen MR) is 113 cm³/mol. The molecule has 5 rings (SSSR count). The van der Waals surface area contributed by atoms with E-state index in [1.165, 1.54) is 12.1 Å². The summed E-state index contributed by atoms with van der Waals surface area (Å²) in [6.07, 6.45) is 0.354. The number of hydrogen-bond donors (Lipinski definition) is 1. The first-order chi connectivity index (χ1) is 15.0. The number of nitrogens with zero attached hydrogens (tertiary/aromatic N) is 5. The van der Waals surface area contributed by atoms with Crippen molar-refractivity contribution in [3.05, 3.63) is 76.4 Å². The number of likely N-dealkylation sites (tertiary alicyclic amines) is 1. The minimum Gasteiger partial charge on any atom is -0.392 e. The van der Waals surface area contributed by atoms with E-state index in [2.05, 4.69) is 19.6 Å². The first-order valence-electron chi connectivity index (χ1n) is 10.1. The zero-order chi connectivity index (χ0) is 21.5. The van der Waals surface area contributed by atoms with Gasteiger partial charge < -0.3 is 14.2 Å². The molecular formula is C22H21ClFN5O2. The average Bonchev–Trinajstić information content (AvgIpc) is 3.43. The van der Waals surface area contributed by atoms with E-state index in [0.29, 0.717) is 42.7 Å². The lowest BCUT2D eigenvalue weighted by atomic mass is 10.1. The number of benzene rings is 2. The number of aliphatic hydroxyl groups excluding tert-OH is 1. The smallest absolute Gasteiger partial charge is 0.244 e. The van der Waals surface area contributed by atoms with E-state index in [1.54, 1.807) is 6.07 Å². The summed E-state index contributed by atoms with van der Waals surface area (Å²) in [5, 5.41) is 14.7. The van der Waals surface area contributed by atoms with Crippen molar-refractivity contribution in [3.63, 3.8) is 0 Å². The van der Waals surface area contributed by atoms with E-state index >= 15 is 0 Å². The molecule has 1 aliphatic heterocycles. The highest BCUT2D eigenvalue weighted by Crippen LogP contribution is 2.33. The second-order valence-electron chi connectivity index (χ2n) is 7.87. The Bertz CT molecular complexity index is 1240. The van der Waals surface area contributed by atoms with Gasteiger partial charge in [-0.3, -0.25) is 4.90 Å². The summed E-state index contributed by atoms with van der Waals surface area (Å²) in [5.41, 5.74) is 2.72. The molecule has 7 nitrogen and oxygen atoms in total. The maximum atomic E-state index is 13.3. The Hall–Kier alpha value is -2.81. The number of imidazole rings is 1. The van der Waals surface area contributed by atoms with Gasteiger partial charge in [0.15, 0.2) is 5.82 Å². The molecule has 0 saturated carbocycles. The van der Waals surface area contributed by atoms with Crippen LogP contribution in [0.3, 0.4) is 0 Å². The van der Waals surface area contributed by atoms with Crippen LogP contribution in [0.25, 0.3) is 11.0 Å². The van der Waals surface area contributed by atoms with Gasteiger partial charge in [0.2, 0.25) is 5.89 Å². The van der Waals surface area contributed by atoms with Crippen LogP contribution in [0.15, 0.2) is 47.0 Å². The molecule has 1 N–H and O–H groups in total. The highest BCUT2D eigenvalue weighted by atomic mass is 35.5. The molecule has 1 saturated heterocycles. The first-order valence-corrected chi connectivity index (χ1v) is 10.4. The molecule has 0 spiro atoms. The first kappa shape index (κ1) is 20.1. The largest absolute Gasteiger partial charge is 0.392 e. The van der Waals surface area contributed by atoms with Crippen LogP contribution in [-0.2, 0) is 20.0 Å². The standard InChI is InChI=1S/C22H21ClFN5O2/c1-28-18-5-3-2-4-17(18)25-21(28)12-29-11-15(30)10-19(29)22-26-20(27-31-22)8-13-6-7-14(24)9-16(13)23/h2-7,9,15,19,30H,8,10-12H2,1H3. The van der Waals surface area contributed by atoms with Gasteiger partial charge in [0.25, 0.3) is 0 Å². The Balaban J connectivity index is 1.37. The van der Waals surface area contributed by atoms with Crippen molar-refractivity contribution in [1.29, 1.82) is 0 Å². The highest BCUT2D eigenvalue weighted by Gasteiger charge is 2.36. The number of aliphatic hydroxyl groups is 1. The van der Waals surface area contributed by atoms with Gasteiger partial charge in [-0.15, -0.1) is 0 Å². The van der Waals surface area contributed by atoms with Gasteiger partial charge in [0, 0.05) is 25.0 Å². The second kappa shape index (κ2) is 8.03. The van der Waals surface area contributed by atoms with Gasteiger partial charge in [-0.1, -0.05) is 35.0 Å². The van der Waals surface area contributed by atoms with Crippen molar-refractivity contribution in [2.24, 2.45) is 7.05 Å². The maximum Gasteiger partial charge on any atom is 0.244 e. The third-order valence-electron chi connectivity index (χ3n) is 5.74. The monoisotopic (exact) mass is 441 g/mol. The lowest BCUT2D eigenvalue weighted by molar-refractivity contribution is 0.167. The zero-order valence-electron chi connectivity index (χ0n) is 16.9. The minimum absolute atomic E-state index is 0.209. The van der Waals surface area contributed by atoms with Crippen LogP contribution in [-0.4, -0.2) is 42.3 Å². The van der Waals surface area contributed by atoms with Gasteiger partial charge in [-0.2, -0.15) is 4.98 Å². The van der Waals surface area contributed by atoms with Crippen LogP contribution >= 0.6 is 11.6 Å². The SMILES string of the molecule is Cn1c(CN2CC(O)CC2c2nc(Cc3ccc(F)cc3Cl)no2)nc2ccccc21. The molecular weight excluding hydrogens is 421 g/mol. The second-order valence-corrected chi connectivity index (χ2v) is 8.28. The molecule has 2 aromatic heterocycles. The molecule has 1 fully saturated rings. The van der Waals surface area contributed by atoms with Crippen LogP contribution in [0.5, 0.6) is 0 Å². The minimum atomic E-state index is -0.485. The Morgan fingerprint density at radius 1 is 1.23 bits per heavy atom. The summed E-state index contributed by atoms with van der Waals surface area (Å²) in [7, 11) is 1.99. The number of para-hydroxylation sites is 2. The van der Waals surface area contributed by atoms with Crippen LogP contribution in [0.1, 0.15) is 35.6 Å². The molecule has 4 aromatic rings. The fourth-order valence-electron chi connectivity index (χ4n) is 4.14. The van der Waals surface area contributed by atoms with Gasteiger partial charge in [0.1, 0.15) is 11.6 Å². The molecule has 3 heterocycles. The van der Waals surface area contributed by atoms with Crippen molar-refractivity contribution in [3.8, 4) is 0 Å². The van der Waals surface area contributed by atoms with E-state index in [-0.39, 0.29) is 11.9 Å². The normalized spacial score (nSPS) is 19.5.